The highest BCUT2D eigenvalue weighted by Crippen LogP contribution is 2.17. The number of methoxy groups -OCH3 is 1. The quantitative estimate of drug-likeness (QED) is 0.405. The highest BCUT2D eigenvalue weighted by Gasteiger charge is 2.25. The lowest BCUT2D eigenvalue weighted by Crippen LogP contribution is -2.53. The molecule has 1 N–H and O–H groups in total. The van der Waals surface area contributed by atoms with E-state index in [0.717, 1.165) is 36.9 Å². The summed E-state index contributed by atoms with van der Waals surface area (Å²) in [6.07, 6.45) is 1.52. The molecule has 3 rings (SSSR count). The Morgan fingerprint density at radius 2 is 1.90 bits per heavy atom. The number of hydrogen-bond acceptors (Lipinski definition) is 5. The molecule has 2 heterocycles. The van der Waals surface area contributed by atoms with E-state index in [1.807, 2.05) is 36.1 Å². The van der Waals surface area contributed by atoms with Gasteiger partial charge >= 0.3 is 0 Å². The first-order valence-electron chi connectivity index (χ1n) is 10.3. The van der Waals surface area contributed by atoms with Gasteiger partial charge in [0.2, 0.25) is 0 Å². The molecule has 0 atom stereocenters. The molecular formula is C22H30N4O4. The molecule has 0 saturated carbocycles. The Kier molecular flexibility index (Phi) is 8.14. The van der Waals surface area contributed by atoms with E-state index in [4.69, 9.17) is 13.9 Å². The second kappa shape index (κ2) is 11.3. The van der Waals surface area contributed by atoms with Gasteiger partial charge in [-0.15, -0.1) is 0 Å². The zero-order valence-corrected chi connectivity index (χ0v) is 17.7. The molecule has 1 aromatic heterocycles. The Balaban J connectivity index is 1.46. The molecule has 8 nitrogen and oxygen atoms in total. The number of amides is 1. The zero-order chi connectivity index (χ0) is 21.2. The molecule has 1 fully saturated rings. The number of nitrogens with one attached hydrogen (secondary N) is 1. The van der Waals surface area contributed by atoms with Crippen LogP contribution >= 0.6 is 0 Å². The van der Waals surface area contributed by atoms with E-state index in [1.165, 1.54) is 6.26 Å². The predicted octanol–water partition coefficient (Wildman–Crippen LogP) is 2.23. The summed E-state index contributed by atoms with van der Waals surface area (Å²) in [5, 5.41) is 3.33. The molecule has 0 spiro atoms. The maximum atomic E-state index is 12.4. The van der Waals surface area contributed by atoms with Crippen LogP contribution in [-0.2, 0) is 11.3 Å². The van der Waals surface area contributed by atoms with E-state index >= 15 is 0 Å². The van der Waals surface area contributed by atoms with Crippen molar-refractivity contribution in [2.24, 2.45) is 4.99 Å². The van der Waals surface area contributed by atoms with Gasteiger partial charge in [0, 0.05) is 38.3 Å². The van der Waals surface area contributed by atoms with Gasteiger partial charge < -0.3 is 29.0 Å². The van der Waals surface area contributed by atoms with Crippen LogP contribution in [0.1, 0.15) is 23.0 Å². The lowest BCUT2D eigenvalue weighted by atomic mass is 10.2. The second-order valence-corrected chi connectivity index (χ2v) is 6.86. The van der Waals surface area contributed by atoms with Crippen LogP contribution in [-0.4, -0.2) is 74.7 Å². The van der Waals surface area contributed by atoms with Gasteiger partial charge in [-0.3, -0.25) is 9.79 Å². The molecule has 1 aliphatic heterocycles. The molecule has 0 unspecified atom stereocenters. The van der Waals surface area contributed by atoms with E-state index < -0.39 is 0 Å². The number of carbonyl (C=O) groups is 1. The van der Waals surface area contributed by atoms with Crippen LogP contribution in [0.25, 0.3) is 0 Å². The molecule has 162 valence electrons. The molecule has 1 aliphatic rings. The molecule has 8 heteroatoms. The molecule has 0 radical (unpaired) electrons. The van der Waals surface area contributed by atoms with Crippen molar-refractivity contribution in [3.05, 3.63) is 54.0 Å². The number of nitrogens with zero attached hydrogens (tertiary/aromatic N) is 3. The molecule has 1 aromatic carbocycles. The smallest absolute Gasteiger partial charge is 0.289 e. The monoisotopic (exact) mass is 414 g/mol. The Hall–Kier alpha value is -3.00. The number of para-hydroxylation sites is 1. The number of aliphatic imine (C=N–C) groups is 1. The minimum absolute atomic E-state index is 0.0636. The minimum atomic E-state index is -0.0636. The molecule has 30 heavy (non-hydrogen) atoms. The highest BCUT2D eigenvalue weighted by molar-refractivity contribution is 5.91. The fourth-order valence-corrected chi connectivity index (χ4v) is 3.32. The third-order valence-electron chi connectivity index (χ3n) is 4.88. The van der Waals surface area contributed by atoms with Crippen LogP contribution in [0.4, 0.5) is 0 Å². The van der Waals surface area contributed by atoms with Crippen LogP contribution in [0.2, 0.25) is 0 Å². The van der Waals surface area contributed by atoms with Crippen molar-refractivity contribution in [3.8, 4) is 5.75 Å². The van der Waals surface area contributed by atoms with Crippen molar-refractivity contribution in [1.82, 2.24) is 15.1 Å². The summed E-state index contributed by atoms with van der Waals surface area (Å²) < 4.78 is 16.3. The third kappa shape index (κ3) is 5.76. The minimum Gasteiger partial charge on any atom is -0.496 e. The van der Waals surface area contributed by atoms with E-state index in [2.05, 4.69) is 15.2 Å². The number of rotatable bonds is 8. The largest absolute Gasteiger partial charge is 0.496 e. The maximum Gasteiger partial charge on any atom is 0.289 e. The Morgan fingerprint density at radius 1 is 1.13 bits per heavy atom. The summed E-state index contributed by atoms with van der Waals surface area (Å²) in [5.74, 6) is 2.00. The van der Waals surface area contributed by atoms with Crippen LogP contribution in [0, 0.1) is 0 Å². The van der Waals surface area contributed by atoms with E-state index in [0.29, 0.717) is 38.6 Å². The summed E-state index contributed by atoms with van der Waals surface area (Å²) >= 11 is 0. The van der Waals surface area contributed by atoms with Gasteiger partial charge in [-0.05, 0) is 25.1 Å². The number of benzene rings is 1. The van der Waals surface area contributed by atoms with Crippen LogP contribution < -0.4 is 10.1 Å². The van der Waals surface area contributed by atoms with Crippen LogP contribution in [0.5, 0.6) is 5.75 Å². The summed E-state index contributed by atoms with van der Waals surface area (Å²) in [5.41, 5.74) is 1.02. The van der Waals surface area contributed by atoms with E-state index in [9.17, 15) is 4.79 Å². The second-order valence-electron chi connectivity index (χ2n) is 6.86. The lowest BCUT2D eigenvalue weighted by molar-refractivity contribution is 0.0657. The van der Waals surface area contributed by atoms with Crippen LogP contribution in [0.15, 0.2) is 52.1 Å². The van der Waals surface area contributed by atoms with Crippen molar-refractivity contribution in [3.63, 3.8) is 0 Å². The standard InChI is InChI=1S/C22H30N4O4/c1-3-23-22(24-10-16-29-17-18-7-4-5-8-19(18)28-2)26-13-11-25(12-14-26)21(27)20-9-6-15-30-20/h4-9,15H,3,10-14,16-17H2,1-2H3,(H,23,24). The topological polar surface area (TPSA) is 79.5 Å². The highest BCUT2D eigenvalue weighted by atomic mass is 16.5. The van der Waals surface area contributed by atoms with Crippen molar-refractivity contribution < 1.29 is 18.7 Å². The SMILES string of the molecule is CCNC(=NCCOCc1ccccc1OC)N1CCN(C(=O)c2ccco2)CC1. The predicted molar refractivity (Wildman–Crippen MR) is 115 cm³/mol. The summed E-state index contributed by atoms with van der Waals surface area (Å²) in [7, 11) is 1.66. The van der Waals surface area contributed by atoms with Crippen molar-refractivity contribution in [2.75, 3.05) is 53.0 Å². The molecule has 2 aromatic rings. The van der Waals surface area contributed by atoms with Crippen molar-refractivity contribution in [1.29, 1.82) is 0 Å². The summed E-state index contributed by atoms with van der Waals surface area (Å²) in [6, 6.07) is 11.3. The first kappa shape index (κ1) is 21.7. The average molecular weight is 415 g/mol. The molecule has 0 bridgehead atoms. The van der Waals surface area contributed by atoms with Crippen molar-refractivity contribution >= 4 is 11.9 Å². The first-order chi connectivity index (χ1) is 14.7. The molecule has 1 amide bonds. The van der Waals surface area contributed by atoms with Crippen LogP contribution in [0.3, 0.4) is 0 Å². The fourth-order valence-electron chi connectivity index (χ4n) is 3.32. The average Bonchev–Trinajstić information content (AvgIpc) is 3.33. The number of ether oxygens (including phenoxy) is 2. The Labute approximate surface area is 177 Å². The fraction of sp³-hybridized carbons (Fsp3) is 0.455. The van der Waals surface area contributed by atoms with Gasteiger partial charge in [0.1, 0.15) is 5.75 Å². The van der Waals surface area contributed by atoms with Gasteiger partial charge in [0.15, 0.2) is 11.7 Å². The maximum absolute atomic E-state index is 12.4. The Bertz CT molecular complexity index is 814. The number of furan rings is 1. The number of hydrogen-bond donors (Lipinski definition) is 1. The molecular weight excluding hydrogens is 384 g/mol. The summed E-state index contributed by atoms with van der Waals surface area (Å²) in [6.45, 7) is 7.11. The molecule has 1 saturated heterocycles. The lowest BCUT2D eigenvalue weighted by Gasteiger charge is -2.36. The van der Waals surface area contributed by atoms with Crippen molar-refractivity contribution in [2.45, 2.75) is 13.5 Å². The number of piperazine rings is 1. The van der Waals surface area contributed by atoms with Gasteiger partial charge in [0.25, 0.3) is 5.91 Å². The van der Waals surface area contributed by atoms with E-state index in [-0.39, 0.29) is 5.91 Å². The molecule has 0 aliphatic carbocycles. The normalized spacial score (nSPS) is 14.7. The van der Waals surface area contributed by atoms with Gasteiger partial charge in [-0.1, -0.05) is 18.2 Å². The van der Waals surface area contributed by atoms with E-state index in [1.54, 1.807) is 19.2 Å². The number of guanidine groups is 1. The summed E-state index contributed by atoms with van der Waals surface area (Å²) in [4.78, 5) is 21.1. The van der Waals surface area contributed by atoms with Gasteiger partial charge in [0.05, 0.1) is 33.1 Å². The third-order valence-corrected chi connectivity index (χ3v) is 4.88. The first-order valence-corrected chi connectivity index (χ1v) is 10.3. The van der Waals surface area contributed by atoms with Gasteiger partial charge in [-0.25, -0.2) is 0 Å². The van der Waals surface area contributed by atoms with Gasteiger partial charge in [-0.2, -0.15) is 0 Å². The Morgan fingerprint density at radius 3 is 2.60 bits per heavy atom. The number of carbonyl (C=O) groups excluding carboxylic acids is 1. The zero-order valence-electron chi connectivity index (χ0n) is 17.7.